The van der Waals surface area contributed by atoms with Gasteiger partial charge in [-0.2, -0.15) is 0 Å². The average molecular weight is 357 g/mol. The molecule has 2 aromatic carbocycles. The third-order valence-electron chi connectivity index (χ3n) is 3.87. The number of hydrogen-bond donors (Lipinski definition) is 0. The van der Waals surface area contributed by atoms with Crippen molar-refractivity contribution in [1.29, 1.82) is 0 Å². The summed E-state index contributed by atoms with van der Waals surface area (Å²) < 4.78 is 15.3. The van der Waals surface area contributed by atoms with Gasteiger partial charge in [0.15, 0.2) is 0 Å². The number of ether oxygens (including phenoxy) is 3. The fraction of sp³-hybridized carbons (Fsp3) is 0.381. The van der Waals surface area contributed by atoms with Gasteiger partial charge in [-0.25, -0.2) is 4.79 Å². The van der Waals surface area contributed by atoms with Gasteiger partial charge in [-0.3, -0.25) is 4.90 Å². The summed E-state index contributed by atoms with van der Waals surface area (Å²) in [5.74, 6) is -0.373. The van der Waals surface area contributed by atoms with Crippen LogP contribution in [-0.4, -0.2) is 51.0 Å². The molecule has 0 spiro atoms. The van der Waals surface area contributed by atoms with E-state index >= 15 is 0 Å². The maximum atomic E-state index is 10.9. The van der Waals surface area contributed by atoms with Gasteiger partial charge in [0, 0.05) is 19.6 Å². The van der Waals surface area contributed by atoms with Crippen molar-refractivity contribution < 1.29 is 19.0 Å². The molecule has 140 valence electrons. The lowest BCUT2D eigenvalue weighted by Gasteiger charge is -2.22. The Morgan fingerprint density at radius 3 is 1.88 bits per heavy atom. The second-order valence-electron chi connectivity index (χ2n) is 5.92. The molecule has 0 N–H and O–H groups in total. The minimum absolute atomic E-state index is 0.0337. The molecule has 0 saturated carbocycles. The number of carbonyl (C=O) groups excluding carboxylic acids is 1. The summed E-state index contributed by atoms with van der Waals surface area (Å²) in [6.45, 7) is 3.99. The molecule has 0 aliphatic carbocycles. The highest BCUT2D eigenvalue weighted by Gasteiger charge is 2.07. The predicted octanol–water partition coefficient (Wildman–Crippen LogP) is 2.90. The number of benzene rings is 2. The average Bonchev–Trinajstić information content (AvgIpc) is 2.68. The van der Waals surface area contributed by atoms with Crippen LogP contribution in [0, 0.1) is 0 Å². The second kappa shape index (κ2) is 12.2. The van der Waals surface area contributed by atoms with E-state index in [1.807, 2.05) is 12.1 Å². The quantitative estimate of drug-likeness (QED) is 0.432. The Bertz CT molecular complexity index is 577. The molecule has 0 fully saturated rings. The van der Waals surface area contributed by atoms with Crippen LogP contribution in [0.4, 0.5) is 0 Å². The maximum Gasteiger partial charge on any atom is 0.331 e. The van der Waals surface area contributed by atoms with E-state index in [1.165, 1.54) is 18.2 Å². The number of methoxy groups -OCH3 is 1. The van der Waals surface area contributed by atoms with Gasteiger partial charge in [0.25, 0.3) is 0 Å². The van der Waals surface area contributed by atoms with E-state index in [1.54, 1.807) is 0 Å². The van der Waals surface area contributed by atoms with Gasteiger partial charge in [-0.05, 0) is 11.1 Å². The molecule has 0 heterocycles. The van der Waals surface area contributed by atoms with Gasteiger partial charge in [-0.15, -0.1) is 0 Å². The van der Waals surface area contributed by atoms with Crippen LogP contribution < -0.4 is 0 Å². The number of rotatable bonds is 12. The van der Waals surface area contributed by atoms with Gasteiger partial charge in [0.1, 0.15) is 6.61 Å². The molecule has 0 amide bonds. The molecule has 0 atom stereocenters. The van der Waals surface area contributed by atoms with Crippen molar-refractivity contribution in [3.05, 3.63) is 71.8 Å². The number of nitrogens with zero attached hydrogens (tertiary/aromatic N) is 1. The van der Waals surface area contributed by atoms with Crippen LogP contribution in [0.3, 0.4) is 0 Å². The third kappa shape index (κ3) is 8.25. The molecule has 0 radical (unpaired) electrons. The lowest BCUT2D eigenvalue weighted by molar-refractivity contribution is -0.146. The third-order valence-corrected chi connectivity index (χ3v) is 3.87. The van der Waals surface area contributed by atoms with Crippen LogP contribution in [0.2, 0.25) is 0 Å². The largest absolute Gasteiger partial charge is 0.467 e. The predicted molar refractivity (Wildman–Crippen MR) is 101 cm³/mol. The molecule has 5 nitrogen and oxygen atoms in total. The highest BCUT2D eigenvalue weighted by atomic mass is 16.6. The molecule has 26 heavy (non-hydrogen) atoms. The molecular weight excluding hydrogens is 330 g/mol. The molecule has 0 aromatic heterocycles. The Labute approximate surface area is 155 Å². The van der Waals surface area contributed by atoms with E-state index in [-0.39, 0.29) is 12.6 Å². The molecular formula is C21H27NO4. The van der Waals surface area contributed by atoms with Crippen molar-refractivity contribution in [2.45, 2.75) is 13.1 Å². The van der Waals surface area contributed by atoms with E-state index in [2.05, 4.69) is 58.2 Å². The van der Waals surface area contributed by atoms with E-state index < -0.39 is 0 Å². The first-order valence-electron chi connectivity index (χ1n) is 8.80. The van der Waals surface area contributed by atoms with Crippen LogP contribution in [0.25, 0.3) is 0 Å². The number of esters is 1. The van der Waals surface area contributed by atoms with Gasteiger partial charge >= 0.3 is 5.97 Å². The van der Waals surface area contributed by atoms with Crippen molar-refractivity contribution >= 4 is 5.97 Å². The SMILES string of the molecule is COC(=O)COCCOCCN(Cc1ccccc1)Cc1ccccc1. The summed E-state index contributed by atoms with van der Waals surface area (Å²) >= 11 is 0. The topological polar surface area (TPSA) is 48.0 Å². The van der Waals surface area contributed by atoms with E-state index in [4.69, 9.17) is 9.47 Å². The Hall–Kier alpha value is -2.21. The summed E-state index contributed by atoms with van der Waals surface area (Å²) in [6.07, 6.45) is 0. The van der Waals surface area contributed by atoms with Crippen molar-refractivity contribution in [2.75, 3.05) is 40.1 Å². The highest BCUT2D eigenvalue weighted by molar-refractivity contribution is 5.70. The smallest absolute Gasteiger partial charge is 0.331 e. The Kier molecular flexibility index (Phi) is 9.43. The minimum Gasteiger partial charge on any atom is -0.467 e. The fourth-order valence-electron chi connectivity index (χ4n) is 2.53. The molecule has 0 saturated heterocycles. The first kappa shape index (κ1) is 20.1. The van der Waals surface area contributed by atoms with Crippen LogP contribution in [-0.2, 0) is 32.1 Å². The van der Waals surface area contributed by atoms with Gasteiger partial charge in [0.2, 0.25) is 0 Å². The maximum absolute atomic E-state index is 10.9. The Morgan fingerprint density at radius 2 is 1.35 bits per heavy atom. The summed E-state index contributed by atoms with van der Waals surface area (Å²) in [7, 11) is 1.34. The number of carbonyl (C=O) groups is 1. The van der Waals surface area contributed by atoms with Gasteiger partial charge < -0.3 is 14.2 Å². The van der Waals surface area contributed by atoms with Crippen LogP contribution in [0.1, 0.15) is 11.1 Å². The summed E-state index contributed by atoms with van der Waals surface area (Å²) in [5.41, 5.74) is 2.56. The minimum atomic E-state index is -0.373. The molecule has 0 unspecified atom stereocenters. The number of hydrogen-bond acceptors (Lipinski definition) is 5. The first-order chi connectivity index (χ1) is 12.8. The molecule has 0 aliphatic rings. The lowest BCUT2D eigenvalue weighted by Crippen LogP contribution is -2.27. The Balaban J connectivity index is 1.74. The zero-order valence-electron chi connectivity index (χ0n) is 15.3. The zero-order chi connectivity index (χ0) is 18.5. The van der Waals surface area contributed by atoms with Crippen molar-refractivity contribution in [3.63, 3.8) is 0 Å². The van der Waals surface area contributed by atoms with Crippen molar-refractivity contribution in [2.24, 2.45) is 0 Å². The Morgan fingerprint density at radius 1 is 0.808 bits per heavy atom. The molecule has 0 bridgehead atoms. The van der Waals surface area contributed by atoms with E-state index in [9.17, 15) is 4.79 Å². The van der Waals surface area contributed by atoms with Crippen molar-refractivity contribution in [1.82, 2.24) is 4.90 Å². The summed E-state index contributed by atoms with van der Waals surface area (Å²) in [5, 5.41) is 0. The monoisotopic (exact) mass is 357 g/mol. The first-order valence-corrected chi connectivity index (χ1v) is 8.80. The summed E-state index contributed by atoms with van der Waals surface area (Å²) in [6, 6.07) is 20.9. The second-order valence-corrected chi connectivity index (χ2v) is 5.92. The van der Waals surface area contributed by atoms with E-state index in [0.29, 0.717) is 19.8 Å². The fourth-order valence-corrected chi connectivity index (χ4v) is 2.53. The zero-order valence-corrected chi connectivity index (χ0v) is 15.3. The molecule has 2 rings (SSSR count). The van der Waals surface area contributed by atoms with Crippen LogP contribution in [0.5, 0.6) is 0 Å². The van der Waals surface area contributed by atoms with E-state index in [0.717, 1.165) is 19.6 Å². The van der Waals surface area contributed by atoms with Crippen LogP contribution >= 0.6 is 0 Å². The van der Waals surface area contributed by atoms with Gasteiger partial charge in [0.05, 0.1) is 26.9 Å². The molecule has 0 aliphatic heterocycles. The van der Waals surface area contributed by atoms with Crippen LogP contribution in [0.15, 0.2) is 60.7 Å². The normalized spacial score (nSPS) is 10.8. The standard InChI is InChI=1S/C21H27NO4/c1-24-21(23)18-26-15-14-25-13-12-22(16-19-8-4-2-5-9-19)17-20-10-6-3-7-11-20/h2-11H,12-18H2,1H3. The van der Waals surface area contributed by atoms with Gasteiger partial charge in [-0.1, -0.05) is 60.7 Å². The lowest BCUT2D eigenvalue weighted by atomic mass is 10.1. The molecule has 2 aromatic rings. The molecule has 5 heteroatoms. The summed E-state index contributed by atoms with van der Waals surface area (Å²) in [4.78, 5) is 13.3. The van der Waals surface area contributed by atoms with Crippen molar-refractivity contribution in [3.8, 4) is 0 Å². The highest BCUT2D eigenvalue weighted by Crippen LogP contribution is 2.09.